The number of allylic oxidation sites excluding steroid dienone is 2. The van der Waals surface area contributed by atoms with Gasteiger partial charge in [-0.25, -0.2) is 0 Å². The highest BCUT2D eigenvalue weighted by atomic mass is 16.1. The summed E-state index contributed by atoms with van der Waals surface area (Å²) in [5, 5.41) is 0. The van der Waals surface area contributed by atoms with Gasteiger partial charge in [0, 0.05) is 12.8 Å². The lowest BCUT2D eigenvalue weighted by atomic mass is 9.88. The Hall–Kier alpha value is -0.920. The molecule has 0 radical (unpaired) electrons. The molecule has 0 amide bonds. The molecule has 2 nitrogen and oxygen atoms in total. The summed E-state index contributed by atoms with van der Waals surface area (Å²) in [6.07, 6.45) is 4.98. The molecule has 1 aliphatic carbocycles. The van der Waals surface area contributed by atoms with E-state index in [-0.39, 0.29) is 5.78 Å². The van der Waals surface area contributed by atoms with Gasteiger partial charge in [0.1, 0.15) is 5.78 Å². The summed E-state index contributed by atoms with van der Waals surface area (Å²) in [7, 11) is 0. The van der Waals surface area contributed by atoms with E-state index in [1.807, 2.05) is 6.92 Å². The largest absolute Gasteiger partial charge is 0.300 e. The first-order chi connectivity index (χ1) is 6.61. The molecule has 0 saturated heterocycles. The average Bonchev–Trinajstić information content (AvgIpc) is 2.09. The van der Waals surface area contributed by atoms with Crippen molar-refractivity contribution in [1.82, 2.24) is 0 Å². The van der Waals surface area contributed by atoms with E-state index in [0.717, 1.165) is 31.3 Å². The maximum atomic E-state index is 11.5. The zero-order chi connectivity index (χ0) is 10.6. The predicted molar refractivity (Wildman–Crippen MR) is 56.1 cm³/mol. The van der Waals surface area contributed by atoms with Crippen molar-refractivity contribution < 1.29 is 9.59 Å². The number of ketones is 2. The van der Waals surface area contributed by atoms with Crippen LogP contribution in [0.15, 0.2) is 11.1 Å². The molecule has 0 unspecified atom stereocenters. The van der Waals surface area contributed by atoms with Gasteiger partial charge in [0.2, 0.25) is 0 Å². The third-order valence-corrected chi connectivity index (χ3v) is 2.76. The minimum absolute atomic E-state index is 0.214. The van der Waals surface area contributed by atoms with Crippen LogP contribution in [0, 0.1) is 0 Å². The van der Waals surface area contributed by atoms with Crippen molar-refractivity contribution in [2.45, 2.75) is 52.4 Å². The maximum Gasteiger partial charge on any atom is 0.158 e. The second-order valence-corrected chi connectivity index (χ2v) is 4.09. The third-order valence-electron chi connectivity index (χ3n) is 2.76. The second-order valence-electron chi connectivity index (χ2n) is 4.09. The van der Waals surface area contributed by atoms with Gasteiger partial charge in [-0.05, 0) is 45.1 Å². The summed E-state index contributed by atoms with van der Waals surface area (Å²) < 4.78 is 0. The standard InChI is InChI=1S/C12H18O2/c1-9-5-3-8-12(14)11(9)7-4-6-10(2)13/h3-8H2,1-2H3. The van der Waals surface area contributed by atoms with Gasteiger partial charge in [-0.2, -0.15) is 0 Å². The first-order valence-electron chi connectivity index (χ1n) is 5.32. The van der Waals surface area contributed by atoms with Gasteiger partial charge in [0.25, 0.3) is 0 Å². The molecule has 0 aromatic rings. The fourth-order valence-corrected chi connectivity index (χ4v) is 1.92. The molecule has 0 aliphatic heterocycles. The van der Waals surface area contributed by atoms with Crippen LogP contribution in [-0.4, -0.2) is 11.6 Å². The molecule has 0 bridgehead atoms. The number of hydrogen-bond donors (Lipinski definition) is 0. The van der Waals surface area contributed by atoms with Crippen molar-refractivity contribution in [3.8, 4) is 0 Å². The van der Waals surface area contributed by atoms with E-state index in [2.05, 4.69) is 0 Å². The Kier molecular flexibility index (Phi) is 4.05. The van der Waals surface area contributed by atoms with Crippen LogP contribution >= 0.6 is 0 Å². The smallest absolute Gasteiger partial charge is 0.158 e. The van der Waals surface area contributed by atoms with Crippen molar-refractivity contribution in [3.05, 3.63) is 11.1 Å². The van der Waals surface area contributed by atoms with Gasteiger partial charge in [-0.3, -0.25) is 4.79 Å². The summed E-state index contributed by atoms with van der Waals surface area (Å²) in [4.78, 5) is 22.3. The lowest BCUT2D eigenvalue weighted by Crippen LogP contribution is -2.10. The Morgan fingerprint density at radius 2 is 2.07 bits per heavy atom. The van der Waals surface area contributed by atoms with E-state index in [0.29, 0.717) is 18.6 Å². The maximum absolute atomic E-state index is 11.5. The summed E-state index contributed by atoms with van der Waals surface area (Å²) in [5.74, 6) is 0.517. The second kappa shape index (κ2) is 5.08. The molecule has 0 fully saturated rings. The van der Waals surface area contributed by atoms with Crippen LogP contribution in [-0.2, 0) is 9.59 Å². The quantitative estimate of drug-likeness (QED) is 0.689. The van der Waals surface area contributed by atoms with Crippen LogP contribution in [0.2, 0.25) is 0 Å². The number of carbonyl (C=O) groups excluding carboxylic acids is 2. The molecule has 0 N–H and O–H groups in total. The van der Waals surface area contributed by atoms with E-state index < -0.39 is 0 Å². The number of Topliss-reactive ketones (excluding diaryl/α,β-unsaturated/α-hetero) is 2. The molecule has 1 rings (SSSR count). The third kappa shape index (κ3) is 3.09. The van der Waals surface area contributed by atoms with Crippen LogP contribution in [0.25, 0.3) is 0 Å². The van der Waals surface area contributed by atoms with Gasteiger partial charge in [0.15, 0.2) is 5.78 Å². The molecule has 2 heteroatoms. The van der Waals surface area contributed by atoms with E-state index in [1.165, 1.54) is 5.57 Å². The average molecular weight is 194 g/mol. The lowest BCUT2D eigenvalue weighted by Gasteiger charge is -2.16. The number of carbonyl (C=O) groups is 2. The van der Waals surface area contributed by atoms with Crippen molar-refractivity contribution in [2.75, 3.05) is 0 Å². The van der Waals surface area contributed by atoms with E-state index >= 15 is 0 Å². The minimum atomic E-state index is 0.214. The summed E-state index contributed by atoms with van der Waals surface area (Å²) in [5.41, 5.74) is 2.24. The van der Waals surface area contributed by atoms with E-state index in [9.17, 15) is 9.59 Å². The van der Waals surface area contributed by atoms with Gasteiger partial charge in [0.05, 0.1) is 0 Å². The number of hydrogen-bond acceptors (Lipinski definition) is 2. The van der Waals surface area contributed by atoms with Crippen LogP contribution in [0.4, 0.5) is 0 Å². The van der Waals surface area contributed by atoms with Crippen molar-refractivity contribution in [2.24, 2.45) is 0 Å². The molecular formula is C12H18O2. The zero-order valence-corrected chi connectivity index (χ0v) is 9.06. The molecule has 0 aromatic heterocycles. The van der Waals surface area contributed by atoms with Gasteiger partial charge in [-0.1, -0.05) is 5.57 Å². The zero-order valence-electron chi connectivity index (χ0n) is 9.06. The molecule has 0 aromatic carbocycles. The van der Waals surface area contributed by atoms with Gasteiger partial charge in [-0.15, -0.1) is 0 Å². The molecule has 78 valence electrons. The van der Waals surface area contributed by atoms with Crippen LogP contribution in [0.5, 0.6) is 0 Å². The first-order valence-corrected chi connectivity index (χ1v) is 5.32. The highest BCUT2D eigenvalue weighted by Gasteiger charge is 2.17. The summed E-state index contributed by atoms with van der Waals surface area (Å²) in [6, 6.07) is 0. The fourth-order valence-electron chi connectivity index (χ4n) is 1.92. The Bertz CT molecular complexity index is 274. The van der Waals surface area contributed by atoms with Gasteiger partial charge >= 0.3 is 0 Å². The van der Waals surface area contributed by atoms with Crippen molar-refractivity contribution in [3.63, 3.8) is 0 Å². The molecule has 1 aliphatic rings. The molecule has 0 heterocycles. The first kappa shape index (κ1) is 11.2. The Morgan fingerprint density at radius 1 is 1.36 bits per heavy atom. The Balaban J connectivity index is 2.48. The molecule has 14 heavy (non-hydrogen) atoms. The topological polar surface area (TPSA) is 34.1 Å². The normalized spacial score (nSPS) is 17.4. The molecule has 0 saturated carbocycles. The highest BCUT2D eigenvalue weighted by Crippen LogP contribution is 2.25. The Morgan fingerprint density at radius 3 is 2.64 bits per heavy atom. The monoisotopic (exact) mass is 194 g/mol. The van der Waals surface area contributed by atoms with Crippen molar-refractivity contribution >= 4 is 11.6 Å². The van der Waals surface area contributed by atoms with E-state index in [4.69, 9.17) is 0 Å². The lowest BCUT2D eigenvalue weighted by molar-refractivity contribution is -0.118. The SMILES string of the molecule is CC(=O)CCCC1=C(C)CCCC1=O. The molecule has 0 atom stereocenters. The van der Waals surface area contributed by atoms with Crippen molar-refractivity contribution in [1.29, 1.82) is 0 Å². The molecule has 0 spiro atoms. The van der Waals surface area contributed by atoms with Crippen LogP contribution < -0.4 is 0 Å². The Labute approximate surface area is 85.4 Å². The minimum Gasteiger partial charge on any atom is -0.300 e. The summed E-state index contributed by atoms with van der Waals surface area (Å²) >= 11 is 0. The number of rotatable bonds is 4. The van der Waals surface area contributed by atoms with Gasteiger partial charge < -0.3 is 4.79 Å². The molecular weight excluding hydrogens is 176 g/mol. The predicted octanol–water partition coefficient (Wildman–Crippen LogP) is 2.82. The van der Waals surface area contributed by atoms with E-state index in [1.54, 1.807) is 6.92 Å². The fraction of sp³-hybridized carbons (Fsp3) is 0.667. The highest BCUT2D eigenvalue weighted by molar-refractivity contribution is 5.96. The summed E-state index contributed by atoms with van der Waals surface area (Å²) in [6.45, 7) is 3.64. The van der Waals surface area contributed by atoms with Crippen LogP contribution in [0.1, 0.15) is 52.4 Å². The van der Waals surface area contributed by atoms with Crippen LogP contribution in [0.3, 0.4) is 0 Å².